The van der Waals surface area contributed by atoms with Gasteiger partial charge in [-0.15, -0.1) is 0 Å². The number of piperidine rings is 1. The van der Waals surface area contributed by atoms with Gasteiger partial charge in [0.2, 0.25) is 0 Å². The third kappa shape index (κ3) is 2.57. The van der Waals surface area contributed by atoms with Crippen LogP contribution in [-0.4, -0.2) is 40.3 Å². The van der Waals surface area contributed by atoms with Crippen LogP contribution in [0.1, 0.15) is 12.8 Å². The van der Waals surface area contributed by atoms with E-state index in [4.69, 9.17) is 4.42 Å². The number of likely N-dealkylation sites (tertiary alicyclic amines) is 1. The van der Waals surface area contributed by atoms with Gasteiger partial charge in [0.25, 0.3) is 0 Å². The minimum atomic E-state index is -0.307. The molecule has 2 heterocycles. The summed E-state index contributed by atoms with van der Waals surface area (Å²) in [6.45, 7) is 3.05. The van der Waals surface area contributed by atoms with Crippen molar-refractivity contribution in [3.63, 3.8) is 0 Å². The Balaban J connectivity index is 1.75. The second-order valence-electron chi connectivity index (χ2n) is 5.08. The number of β-amino-alcohol motifs (C(OH)–C–C–N with tert-alkyl or cyclic N) is 1. The highest BCUT2D eigenvalue weighted by Gasteiger charge is 2.18. The zero-order valence-electron chi connectivity index (χ0n) is 10.8. The van der Waals surface area contributed by atoms with E-state index in [1.165, 1.54) is 0 Å². The van der Waals surface area contributed by atoms with Crippen molar-refractivity contribution >= 4 is 11.1 Å². The van der Waals surface area contributed by atoms with Crippen molar-refractivity contribution < 1.29 is 9.52 Å². The minimum Gasteiger partial charge on any atom is -0.408 e. The molecule has 1 aromatic heterocycles. The summed E-state index contributed by atoms with van der Waals surface area (Å²) in [5.41, 5.74) is 1.47. The lowest BCUT2D eigenvalue weighted by Crippen LogP contribution is -2.40. The molecule has 5 heteroatoms. The van der Waals surface area contributed by atoms with Gasteiger partial charge in [0.1, 0.15) is 0 Å². The Morgan fingerprint density at radius 3 is 3.00 bits per heavy atom. The molecule has 2 aromatic rings. The van der Waals surface area contributed by atoms with Crippen LogP contribution in [0.3, 0.4) is 0 Å². The van der Waals surface area contributed by atoms with Gasteiger partial charge >= 0.3 is 5.76 Å². The lowest BCUT2D eigenvalue weighted by molar-refractivity contribution is 0.0688. The van der Waals surface area contributed by atoms with Crippen molar-refractivity contribution in [1.29, 1.82) is 0 Å². The maximum Gasteiger partial charge on any atom is 0.419 e. The molecule has 0 amide bonds. The number of aliphatic hydroxyl groups excluding tert-OH is 1. The lowest BCUT2D eigenvalue weighted by atomic mass is 10.1. The average Bonchev–Trinajstić information content (AvgIpc) is 2.72. The smallest absolute Gasteiger partial charge is 0.408 e. The van der Waals surface area contributed by atoms with Gasteiger partial charge in [-0.1, -0.05) is 12.1 Å². The largest absolute Gasteiger partial charge is 0.419 e. The van der Waals surface area contributed by atoms with E-state index in [0.717, 1.165) is 31.4 Å². The molecule has 1 fully saturated rings. The highest BCUT2D eigenvalue weighted by molar-refractivity contribution is 5.72. The lowest BCUT2D eigenvalue weighted by Gasteiger charge is -2.29. The third-order valence-corrected chi connectivity index (χ3v) is 3.69. The molecule has 1 aliphatic rings. The zero-order chi connectivity index (χ0) is 13.2. The normalized spacial score (nSPS) is 21.0. The third-order valence-electron chi connectivity index (χ3n) is 3.69. The van der Waals surface area contributed by atoms with Gasteiger partial charge in [-0.3, -0.25) is 9.47 Å². The summed E-state index contributed by atoms with van der Waals surface area (Å²) < 4.78 is 6.86. The molecular weight excluding hydrogens is 244 g/mol. The van der Waals surface area contributed by atoms with E-state index >= 15 is 0 Å². The number of rotatable bonds is 3. The van der Waals surface area contributed by atoms with Gasteiger partial charge in [-0.2, -0.15) is 0 Å². The predicted molar refractivity (Wildman–Crippen MR) is 72.2 cm³/mol. The summed E-state index contributed by atoms with van der Waals surface area (Å²) in [6.07, 6.45) is 1.67. The maximum absolute atomic E-state index is 11.8. The Morgan fingerprint density at radius 2 is 2.16 bits per heavy atom. The van der Waals surface area contributed by atoms with Crippen LogP contribution in [0, 0.1) is 0 Å². The predicted octanol–water partition coefficient (Wildman–Crippen LogP) is 1.05. The molecule has 1 N–H and O–H groups in total. The van der Waals surface area contributed by atoms with Crippen molar-refractivity contribution in [2.24, 2.45) is 0 Å². The van der Waals surface area contributed by atoms with E-state index in [1.54, 1.807) is 10.6 Å². The maximum atomic E-state index is 11.8. The van der Waals surface area contributed by atoms with Gasteiger partial charge in [0, 0.05) is 19.6 Å². The number of hydrogen-bond acceptors (Lipinski definition) is 4. The first-order chi connectivity index (χ1) is 9.24. The van der Waals surface area contributed by atoms with Crippen LogP contribution in [-0.2, 0) is 6.54 Å². The molecule has 0 aliphatic carbocycles. The fourth-order valence-corrected chi connectivity index (χ4v) is 2.70. The number of fused-ring (bicyclic) bond motifs is 1. The number of aliphatic hydroxyl groups is 1. The molecule has 102 valence electrons. The molecule has 1 aromatic carbocycles. The molecule has 1 aliphatic heterocycles. The van der Waals surface area contributed by atoms with Gasteiger partial charge in [0.15, 0.2) is 5.58 Å². The van der Waals surface area contributed by atoms with Crippen LogP contribution < -0.4 is 5.76 Å². The van der Waals surface area contributed by atoms with Crippen LogP contribution in [0.25, 0.3) is 11.1 Å². The topological polar surface area (TPSA) is 58.6 Å². The summed E-state index contributed by atoms with van der Waals surface area (Å²) in [4.78, 5) is 14.0. The van der Waals surface area contributed by atoms with Gasteiger partial charge in [0.05, 0.1) is 11.6 Å². The molecule has 1 atom stereocenters. The minimum absolute atomic E-state index is 0.230. The van der Waals surface area contributed by atoms with Crippen LogP contribution in [0.2, 0.25) is 0 Å². The molecule has 1 saturated heterocycles. The number of para-hydroxylation sites is 2. The molecule has 0 saturated carbocycles. The highest BCUT2D eigenvalue weighted by atomic mass is 16.4. The second kappa shape index (κ2) is 5.19. The second-order valence-corrected chi connectivity index (χ2v) is 5.08. The molecule has 0 radical (unpaired) electrons. The molecule has 0 unspecified atom stereocenters. The summed E-state index contributed by atoms with van der Waals surface area (Å²) in [5, 5.41) is 9.63. The number of hydrogen-bond donors (Lipinski definition) is 1. The van der Waals surface area contributed by atoms with Crippen molar-refractivity contribution in [3.8, 4) is 0 Å². The molecule has 0 bridgehead atoms. The number of aromatic nitrogens is 1. The Morgan fingerprint density at radius 1 is 1.32 bits per heavy atom. The number of oxazole rings is 1. The van der Waals surface area contributed by atoms with E-state index in [-0.39, 0.29) is 11.9 Å². The first kappa shape index (κ1) is 12.4. The fourth-order valence-electron chi connectivity index (χ4n) is 2.70. The highest BCUT2D eigenvalue weighted by Crippen LogP contribution is 2.13. The number of benzene rings is 1. The average molecular weight is 262 g/mol. The van der Waals surface area contributed by atoms with Gasteiger partial charge in [-0.25, -0.2) is 4.79 Å². The van der Waals surface area contributed by atoms with Gasteiger partial charge < -0.3 is 9.52 Å². The summed E-state index contributed by atoms with van der Waals surface area (Å²) in [6, 6.07) is 7.46. The van der Waals surface area contributed by atoms with E-state index in [2.05, 4.69) is 4.90 Å². The molecule has 19 heavy (non-hydrogen) atoms. The molecule has 3 rings (SSSR count). The van der Waals surface area contributed by atoms with E-state index in [1.807, 2.05) is 18.2 Å². The van der Waals surface area contributed by atoms with Crippen LogP contribution in [0.4, 0.5) is 0 Å². The van der Waals surface area contributed by atoms with Crippen molar-refractivity contribution in [2.45, 2.75) is 25.5 Å². The van der Waals surface area contributed by atoms with E-state index in [0.29, 0.717) is 18.7 Å². The molecule has 0 spiro atoms. The van der Waals surface area contributed by atoms with Gasteiger partial charge in [-0.05, 0) is 31.5 Å². The van der Waals surface area contributed by atoms with Crippen LogP contribution in [0.5, 0.6) is 0 Å². The standard InChI is InChI=1S/C14H18N2O3/c17-11-4-3-7-15(10-11)8-9-16-12-5-1-2-6-13(12)19-14(16)18/h1-2,5-6,11,17H,3-4,7-10H2/t11-/m0/s1. The summed E-state index contributed by atoms with van der Waals surface area (Å²) >= 11 is 0. The Kier molecular flexibility index (Phi) is 3.40. The Bertz CT molecular complexity index is 616. The summed E-state index contributed by atoms with van der Waals surface area (Å²) in [7, 11) is 0. The molecular formula is C14H18N2O3. The van der Waals surface area contributed by atoms with Crippen molar-refractivity contribution in [3.05, 3.63) is 34.8 Å². The first-order valence-corrected chi connectivity index (χ1v) is 6.73. The van der Waals surface area contributed by atoms with E-state index < -0.39 is 0 Å². The van der Waals surface area contributed by atoms with Crippen molar-refractivity contribution in [2.75, 3.05) is 19.6 Å². The number of nitrogens with zero attached hydrogens (tertiary/aromatic N) is 2. The van der Waals surface area contributed by atoms with Crippen LogP contribution in [0.15, 0.2) is 33.5 Å². The Labute approximate surface area is 111 Å². The SMILES string of the molecule is O=c1oc2ccccc2n1CCN1CCC[C@H](O)C1. The van der Waals surface area contributed by atoms with E-state index in [9.17, 15) is 9.90 Å². The molecule has 5 nitrogen and oxygen atoms in total. The first-order valence-electron chi connectivity index (χ1n) is 6.73. The zero-order valence-corrected chi connectivity index (χ0v) is 10.8. The monoisotopic (exact) mass is 262 g/mol. The fraction of sp³-hybridized carbons (Fsp3) is 0.500. The summed E-state index contributed by atoms with van der Waals surface area (Å²) in [5.74, 6) is -0.307. The van der Waals surface area contributed by atoms with Crippen LogP contribution >= 0.6 is 0 Å². The quantitative estimate of drug-likeness (QED) is 0.898. The van der Waals surface area contributed by atoms with Crippen molar-refractivity contribution in [1.82, 2.24) is 9.47 Å². The Hall–Kier alpha value is -1.59.